The molecule has 0 atom stereocenters. The highest BCUT2D eigenvalue weighted by molar-refractivity contribution is 7.99. The second-order valence-electron chi connectivity index (χ2n) is 7.58. The van der Waals surface area contributed by atoms with E-state index in [-0.39, 0.29) is 17.9 Å². The number of imide groups is 1. The molecule has 0 saturated heterocycles. The van der Waals surface area contributed by atoms with E-state index in [1.807, 2.05) is 62.4 Å². The van der Waals surface area contributed by atoms with Gasteiger partial charge in [-0.2, -0.15) is 0 Å². The van der Waals surface area contributed by atoms with E-state index in [2.05, 4.69) is 20.6 Å². The number of carbonyl (C=O) groups is 2. The van der Waals surface area contributed by atoms with Gasteiger partial charge in [0.05, 0.1) is 23.4 Å². The van der Waals surface area contributed by atoms with Crippen LogP contribution in [0.3, 0.4) is 0 Å². The second kappa shape index (κ2) is 10.6. The van der Waals surface area contributed by atoms with Gasteiger partial charge in [0.25, 0.3) is 5.56 Å². The fourth-order valence-corrected chi connectivity index (χ4v) is 5.20. The lowest BCUT2D eigenvalue weighted by Gasteiger charge is -2.12. The third-order valence-corrected chi connectivity index (χ3v) is 7.26. The van der Waals surface area contributed by atoms with Gasteiger partial charge in [0, 0.05) is 17.6 Å². The molecular weight excluding hydrogens is 470 g/mol. The molecule has 0 radical (unpaired) electrons. The van der Waals surface area contributed by atoms with Gasteiger partial charge in [-0.25, -0.2) is 9.78 Å². The molecule has 0 aliphatic heterocycles. The van der Waals surface area contributed by atoms with E-state index in [9.17, 15) is 14.4 Å². The quantitative estimate of drug-likeness (QED) is 0.301. The van der Waals surface area contributed by atoms with E-state index in [0.29, 0.717) is 27.6 Å². The van der Waals surface area contributed by atoms with Crippen molar-refractivity contribution < 1.29 is 9.59 Å². The number of hydrogen-bond acceptors (Lipinski definition) is 7. The summed E-state index contributed by atoms with van der Waals surface area (Å²) in [5, 5.41) is 5.97. The molecule has 0 fully saturated rings. The summed E-state index contributed by atoms with van der Waals surface area (Å²) in [5.41, 5.74) is 2.39. The van der Waals surface area contributed by atoms with Crippen molar-refractivity contribution in [3.05, 3.63) is 86.8 Å². The van der Waals surface area contributed by atoms with E-state index in [1.54, 1.807) is 6.20 Å². The summed E-state index contributed by atoms with van der Waals surface area (Å²) in [5.74, 6) is -0.546. The van der Waals surface area contributed by atoms with E-state index in [0.717, 1.165) is 27.8 Å². The number of nitrogens with zero attached hydrogens (tertiary/aromatic N) is 3. The fourth-order valence-electron chi connectivity index (χ4n) is 3.33. The van der Waals surface area contributed by atoms with Gasteiger partial charge in [-0.15, -0.1) is 11.3 Å². The average molecular weight is 494 g/mol. The number of urea groups is 1. The largest absolute Gasteiger partial charge is 0.334 e. The highest BCUT2D eigenvalue weighted by Gasteiger charge is 2.18. The van der Waals surface area contributed by atoms with Crippen LogP contribution in [-0.2, 0) is 17.9 Å². The van der Waals surface area contributed by atoms with Crippen LogP contribution in [0.2, 0.25) is 0 Å². The van der Waals surface area contributed by atoms with E-state index < -0.39 is 11.9 Å². The predicted octanol–water partition coefficient (Wildman–Crippen LogP) is 3.64. The molecule has 8 nitrogen and oxygen atoms in total. The van der Waals surface area contributed by atoms with Crippen LogP contribution >= 0.6 is 23.1 Å². The summed E-state index contributed by atoms with van der Waals surface area (Å²) >= 11 is 2.57. The Balaban J connectivity index is 1.49. The molecule has 2 N–H and O–H groups in total. The van der Waals surface area contributed by atoms with Gasteiger partial charge in [-0.3, -0.25) is 24.5 Å². The highest BCUT2D eigenvalue weighted by Crippen LogP contribution is 2.28. The molecule has 34 heavy (non-hydrogen) atoms. The first-order valence-corrected chi connectivity index (χ1v) is 12.4. The minimum absolute atomic E-state index is 0.0672. The van der Waals surface area contributed by atoms with Crippen molar-refractivity contribution >= 4 is 45.3 Å². The number of rotatable bonds is 7. The Hall–Kier alpha value is -3.50. The van der Waals surface area contributed by atoms with Crippen molar-refractivity contribution in [2.75, 3.05) is 5.75 Å². The zero-order chi connectivity index (χ0) is 24.1. The van der Waals surface area contributed by atoms with Crippen LogP contribution in [0.15, 0.2) is 64.7 Å². The SMILES string of the molecule is Cc1sc2nc(SCC(=O)NC(=O)NCc3ccccc3)n(Cc3ccccn3)c(=O)c2c1C. The Morgan fingerprint density at radius 2 is 1.85 bits per heavy atom. The minimum atomic E-state index is -0.576. The van der Waals surface area contributed by atoms with Gasteiger partial charge in [0.15, 0.2) is 5.16 Å². The second-order valence-corrected chi connectivity index (χ2v) is 9.72. The Morgan fingerprint density at radius 3 is 2.59 bits per heavy atom. The number of benzene rings is 1. The van der Waals surface area contributed by atoms with Crippen molar-refractivity contribution in [1.82, 2.24) is 25.2 Å². The van der Waals surface area contributed by atoms with Crippen molar-refractivity contribution in [3.63, 3.8) is 0 Å². The number of carbonyl (C=O) groups excluding carboxylic acids is 2. The van der Waals surface area contributed by atoms with Crippen molar-refractivity contribution in [3.8, 4) is 0 Å². The third kappa shape index (κ3) is 5.52. The molecule has 4 aromatic rings. The molecule has 0 unspecified atom stereocenters. The normalized spacial score (nSPS) is 10.9. The van der Waals surface area contributed by atoms with Gasteiger partial charge in [-0.1, -0.05) is 48.2 Å². The molecule has 0 saturated carbocycles. The Labute approximate surface area is 204 Å². The summed E-state index contributed by atoms with van der Waals surface area (Å²) in [4.78, 5) is 48.5. The number of thioether (sulfide) groups is 1. The number of aromatic nitrogens is 3. The van der Waals surface area contributed by atoms with E-state index in [1.165, 1.54) is 15.9 Å². The van der Waals surface area contributed by atoms with Crippen LogP contribution in [0.5, 0.6) is 0 Å². The summed E-state index contributed by atoms with van der Waals surface area (Å²) < 4.78 is 1.54. The lowest BCUT2D eigenvalue weighted by atomic mass is 10.2. The molecule has 3 heterocycles. The number of thiophene rings is 1. The monoisotopic (exact) mass is 493 g/mol. The maximum Gasteiger partial charge on any atom is 0.321 e. The van der Waals surface area contributed by atoms with Gasteiger partial charge < -0.3 is 5.32 Å². The van der Waals surface area contributed by atoms with Gasteiger partial charge >= 0.3 is 6.03 Å². The first kappa shape index (κ1) is 23.7. The van der Waals surface area contributed by atoms with E-state index >= 15 is 0 Å². The molecule has 4 rings (SSSR count). The van der Waals surface area contributed by atoms with Gasteiger partial charge in [0.2, 0.25) is 5.91 Å². The number of nitrogens with one attached hydrogen (secondary N) is 2. The molecule has 174 valence electrons. The Bertz CT molecular complexity index is 1380. The molecule has 1 aromatic carbocycles. The standard InChI is InChI=1S/C24H23N5O3S2/c1-15-16(2)34-21-20(15)22(31)29(13-18-10-6-7-11-25-18)24(28-21)33-14-19(30)27-23(32)26-12-17-8-4-3-5-9-17/h3-11H,12-14H2,1-2H3,(H2,26,27,30,32). The van der Waals surface area contributed by atoms with Gasteiger partial charge in [0.1, 0.15) is 4.83 Å². The first-order valence-electron chi connectivity index (χ1n) is 10.6. The van der Waals surface area contributed by atoms with Crippen molar-refractivity contribution in [2.24, 2.45) is 0 Å². The smallest absolute Gasteiger partial charge is 0.321 e. The van der Waals surface area contributed by atoms with Crippen LogP contribution in [0.25, 0.3) is 10.2 Å². The highest BCUT2D eigenvalue weighted by atomic mass is 32.2. The summed E-state index contributed by atoms with van der Waals surface area (Å²) in [6.45, 7) is 4.42. The first-order chi connectivity index (χ1) is 16.4. The van der Waals surface area contributed by atoms with E-state index in [4.69, 9.17) is 0 Å². The van der Waals surface area contributed by atoms with Crippen LogP contribution in [0.1, 0.15) is 21.7 Å². The van der Waals surface area contributed by atoms with Crippen LogP contribution in [-0.4, -0.2) is 32.2 Å². The van der Waals surface area contributed by atoms with Crippen LogP contribution < -0.4 is 16.2 Å². The molecule has 0 aliphatic carbocycles. The number of hydrogen-bond donors (Lipinski definition) is 2. The predicted molar refractivity (Wildman–Crippen MR) is 134 cm³/mol. The molecule has 0 aliphatic rings. The number of fused-ring (bicyclic) bond motifs is 1. The molecule has 3 aromatic heterocycles. The summed E-state index contributed by atoms with van der Waals surface area (Å²) in [7, 11) is 0. The topological polar surface area (TPSA) is 106 Å². The average Bonchev–Trinajstić information content (AvgIpc) is 3.13. The third-order valence-electron chi connectivity index (χ3n) is 5.18. The summed E-state index contributed by atoms with van der Waals surface area (Å²) in [6, 6.07) is 14.3. The minimum Gasteiger partial charge on any atom is -0.334 e. The number of amides is 3. The van der Waals surface area contributed by atoms with Crippen molar-refractivity contribution in [2.45, 2.75) is 32.1 Å². The molecule has 0 spiro atoms. The molecular formula is C24H23N5O3S2. The van der Waals surface area contributed by atoms with Crippen LogP contribution in [0, 0.1) is 13.8 Å². The maximum atomic E-state index is 13.4. The zero-order valence-corrected chi connectivity index (χ0v) is 20.3. The van der Waals surface area contributed by atoms with Gasteiger partial charge in [-0.05, 0) is 37.1 Å². The Kier molecular flexibility index (Phi) is 7.39. The van der Waals surface area contributed by atoms with Crippen LogP contribution in [0.4, 0.5) is 4.79 Å². The maximum absolute atomic E-state index is 13.4. The lowest BCUT2D eigenvalue weighted by Crippen LogP contribution is -2.40. The molecule has 10 heteroatoms. The lowest BCUT2D eigenvalue weighted by molar-refractivity contribution is -0.117. The number of pyridine rings is 1. The molecule has 0 bridgehead atoms. The Morgan fingerprint density at radius 1 is 1.09 bits per heavy atom. The fraction of sp³-hybridized carbons (Fsp3) is 0.208. The summed E-state index contributed by atoms with van der Waals surface area (Å²) in [6.07, 6.45) is 1.67. The zero-order valence-electron chi connectivity index (χ0n) is 18.7. The van der Waals surface area contributed by atoms with Crippen molar-refractivity contribution in [1.29, 1.82) is 0 Å². The number of aryl methyl sites for hydroxylation is 2. The molecule has 3 amide bonds.